The van der Waals surface area contributed by atoms with E-state index in [1.165, 1.54) is 0 Å². The summed E-state index contributed by atoms with van der Waals surface area (Å²) < 4.78 is 24.6. The Morgan fingerprint density at radius 2 is 1.04 bits per heavy atom. The summed E-state index contributed by atoms with van der Waals surface area (Å²) in [7, 11) is -3.92. The summed E-state index contributed by atoms with van der Waals surface area (Å²) in [4.78, 5) is 0. The normalized spacial score (nSPS) is 12.4. The molecule has 0 fully saturated rings. The Kier molecular flexibility index (Phi) is 4.99. The highest BCUT2D eigenvalue weighted by atomic mass is 31.2. The predicted octanol–water partition coefficient (Wildman–Crippen LogP) is 5.03. The molecule has 0 saturated heterocycles. The summed E-state index contributed by atoms with van der Waals surface area (Å²) in [5.74, 6) is -0.669. The molecular formula is C19H17O4P. The van der Waals surface area contributed by atoms with Gasteiger partial charge in [-0.15, -0.1) is 0 Å². The van der Waals surface area contributed by atoms with Gasteiger partial charge in [-0.05, 0) is 29.8 Å². The van der Waals surface area contributed by atoms with Crippen LogP contribution < -0.4 is 9.05 Å². The van der Waals surface area contributed by atoms with Crippen molar-refractivity contribution in [3.05, 3.63) is 96.6 Å². The van der Waals surface area contributed by atoms with Gasteiger partial charge in [0.15, 0.2) is 0 Å². The summed E-state index contributed by atoms with van der Waals surface area (Å²) in [6.07, 6.45) is 0. The Bertz CT molecular complexity index is 761. The van der Waals surface area contributed by atoms with E-state index in [9.17, 15) is 9.67 Å². The van der Waals surface area contributed by atoms with Gasteiger partial charge in [-0.25, -0.2) is 4.57 Å². The second-order valence-electron chi connectivity index (χ2n) is 5.13. The maximum Gasteiger partial charge on any atom is 0.463 e. The minimum absolute atomic E-state index is 0.367. The van der Waals surface area contributed by atoms with Gasteiger partial charge < -0.3 is 14.2 Å². The van der Waals surface area contributed by atoms with Gasteiger partial charge in [-0.1, -0.05) is 66.7 Å². The van der Waals surface area contributed by atoms with E-state index in [1.807, 2.05) is 18.2 Å². The highest BCUT2D eigenvalue weighted by Crippen LogP contribution is 2.58. The van der Waals surface area contributed by atoms with Crippen molar-refractivity contribution < 1.29 is 18.7 Å². The molecule has 0 unspecified atom stereocenters. The Morgan fingerprint density at radius 1 is 0.667 bits per heavy atom. The van der Waals surface area contributed by atoms with E-state index in [0.29, 0.717) is 17.1 Å². The van der Waals surface area contributed by atoms with E-state index in [-0.39, 0.29) is 0 Å². The fourth-order valence-electron chi connectivity index (χ4n) is 2.18. The molecule has 0 aromatic heterocycles. The number of para-hydroxylation sites is 2. The van der Waals surface area contributed by atoms with Gasteiger partial charge in [-0.3, -0.25) is 0 Å². The summed E-state index contributed by atoms with van der Waals surface area (Å²) in [6, 6.07) is 26.0. The largest absolute Gasteiger partial charge is 0.463 e. The van der Waals surface area contributed by atoms with Gasteiger partial charge in [0.2, 0.25) is 5.85 Å². The first-order valence-electron chi connectivity index (χ1n) is 7.49. The molecule has 3 aromatic carbocycles. The molecule has 0 aliphatic rings. The van der Waals surface area contributed by atoms with Crippen LogP contribution in [0.15, 0.2) is 91.0 Å². The molecule has 4 nitrogen and oxygen atoms in total. The summed E-state index contributed by atoms with van der Waals surface area (Å²) >= 11 is 0. The molecular weight excluding hydrogens is 323 g/mol. The van der Waals surface area contributed by atoms with Crippen LogP contribution in [-0.4, -0.2) is 5.11 Å². The van der Waals surface area contributed by atoms with E-state index >= 15 is 0 Å². The average Bonchev–Trinajstić information content (AvgIpc) is 2.63. The molecule has 0 aliphatic carbocycles. The highest BCUT2D eigenvalue weighted by Gasteiger charge is 2.39. The highest BCUT2D eigenvalue weighted by molar-refractivity contribution is 7.54. The molecule has 3 rings (SSSR count). The first kappa shape index (κ1) is 16.3. The van der Waals surface area contributed by atoms with Crippen LogP contribution in [0, 0.1) is 0 Å². The minimum Gasteiger partial charge on any atom is -0.414 e. The third-order valence-electron chi connectivity index (χ3n) is 3.35. The molecule has 1 N–H and O–H groups in total. The lowest BCUT2D eigenvalue weighted by Gasteiger charge is -2.24. The van der Waals surface area contributed by atoms with Crippen molar-refractivity contribution in [2.24, 2.45) is 0 Å². The predicted molar refractivity (Wildman–Crippen MR) is 93.1 cm³/mol. The van der Waals surface area contributed by atoms with Crippen LogP contribution in [0.2, 0.25) is 0 Å². The van der Waals surface area contributed by atoms with E-state index in [2.05, 4.69) is 0 Å². The molecule has 0 spiro atoms. The maximum absolute atomic E-state index is 13.4. The molecule has 0 bridgehead atoms. The summed E-state index contributed by atoms with van der Waals surface area (Å²) in [5, 5.41) is 10.6. The van der Waals surface area contributed by atoms with Crippen molar-refractivity contribution in [2.45, 2.75) is 5.85 Å². The number of hydrogen-bond donors (Lipinski definition) is 1. The second kappa shape index (κ2) is 7.35. The van der Waals surface area contributed by atoms with Crippen molar-refractivity contribution >= 4 is 7.60 Å². The summed E-state index contributed by atoms with van der Waals surface area (Å²) in [6.45, 7) is 0. The van der Waals surface area contributed by atoms with Crippen LogP contribution >= 0.6 is 7.60 Å². The Hall–Kier alpha value is -2.55. The lowest BCUT2D eigenvalue weighted by atomic mass is 10.2. The standard InChI is InChI=1S/C19H17O4P/c20-19(16-10-4-1-5-11-16)24(21,22-17-12-6-2-7-13-17)23-18-14-8-3-9-15-18/h1-15,19-20H/t19-/m0/s1. The fraction of sp³-hybridized carbons (Fsp3) is 0.0526. The monoisotopic (exact) mass is 340 g/mol. The first-order valence-corrected chi connectivity index (χ1v) is 9.10. The Labute approximate surface area is 140 Å². The van der Waals surface area contributed by atoms with Gasteiger partial charge >= 0.3 is 7.60 Å². The van der Waals surface area contributed by atoms with Crippen molar-refractivity contribution in [2.75, 3.05) is 0 Å². The zero-order chi connectivity index (χ0) is 16.8. The zero-order valence-corrected chi connectivity index (χ0v) is 13.8. The molecule has 0 aliphatic heterocycles. The number of aliphatic hydroxyl groups is 1. The lowest BCUT2D eigenvalue weighted by Crippen LogP contribution is -2.10. The van der Waals surface area contributed by atoms with Crippen molar-refractivity contribution in [1.82, 2.24) is 0 Å². The summed E-state index contributed by atoms with van der Waals surface area (Å²) in [5.41, 5.74) is 0.465. The van der Waals surface area contributed by atoms with Crippen LogP contribution in [0.4, 0.5) is 0 Å². The van der Waals surface area contributed by atoms with Gasteiger partial charge in [0, 0.05) is 0 Å². The van der Waals surface area contributed by atoms with E-state index < -0.39 is 13.4 Å². The van der Waals surface area contributed by atoms with Crippen molar-refractivity contribution in [3.63, 3.8) is 0 Å². The van der Waals surface area contributed by atoms with E-state index in [4.69, 9.17) is 9.05 Å². The fourth-order valence-corrected chi connectivity index (χ4v) is 3.79. The third kappa shape index (κ3) is 3.85. The van der Waals surface area contributed by atoms with Gasteiger partial charge in [0.05, 0.1) is 0 Å². The molecule has 0 radical (unpaired) electrons. The molecule has 0 amide bonds. The van der Waals surface area contributed by atoms with E-state index in [0.717, 1.165) is 0 Å². The van der Waals surface area contributed by atoms with Crippen molar-refractivity contribution in [3.8, 4) is 11.5 Å². The first-order chi connectivity index (χ1) is 11.7. The van der Waals surface area contributed by atoms with Gasteiger partial charge in [-0.2, -0.15) is 0 Å². The Morgan fingerprint density at radius 3 is 1.46 bits per heavy atom. The molecule has 5 heteroatoms. The molecule has 24 heavy (non-hydrogen) atoms. The number of aliphatic hydroxyl groups excluding tert-OH is 1. The molecule has 122 valence electrons. The number of rotatable bonds is 6. The Balaban J connectivity index is 1.95. The van der Waals surface area contributed by atoms with Crippen LogP contribution in [0.1, 0.15) is 11.4 Å². The topological polar surface area (TPSA) is 55.8 Å². The smallest absolute Gasteiger partial charge is 0.414 e. The average molecular weight is 340 g/mol. The molecule has 1 atom stereocenters. The molecule has 0 heterocycles. The molecule has 3 aromatic rings. The van der Waals surface area contributed by atoms with E-state index in [1.54, 1.807) is 72.8 Å². The van der Waals surface area contributed by atoms with Crippen LogP contribution in [0.3, 0.4) is 0 Å². The third-order valence-corrected chi connectivity index (χ3v) is 5.18. The van der Waals surface area contributed by atoms with Crippen LogP contribution in [0.5, 0.6) is 11.5 Å². The van der Waals surface area contributed by atoms with Gasteiger partial charge in [0.25, 0.3) is 0 Å². The van der Waals surface area contributed by atoms with Crippen molar-refractivity contribution in [1.29, 1.82) is 0 Å². The van der Waals surface area contributed by atoms with Crippen LogP contribution in [-0.2, 0) is 4.57 Å². The van der Waals surface area contributed by atoms with Crippen LogP contribution in [0.25, 0.3) is 0 Å². The zero-order valence-electron chi connectivity index (χ0n) is 12.9. The maximum atomic E-state index is 13.4. The second-order valence-corrected chi connectivity index (χ2v) is 7.07. The quantitative estimate of drug-likeness (QED) is 0.640. The number of hydrogen-bond acceptors (Lipinski definition) is 4. The van der Waals surface area contributed by atoms with Gasteiger partial charge in [0.1, 0.15) is 11.5 Å². The SMILES string of the molecule is O=P(Oc1ccccc1)(Oc1ccccc1)[C@H](O)c1ccccc1. The number of benzene rings is 3. The molecule has 0 saturated carbocycles. The lowest BCUT2D eigenvalue weighted by molar-refractivity contribution is 0.212. The minimum atomic E-state index is -3.92.